The molecule has 1 amide bonds. The van der Waals surface area contributed by atoms with Crippen LogP contribution >= 0.6 is 0 Å². The molecule has 0 radical (unpaired) electrons. The van der Waals surface area contributed by atoms with Gasteiger partial charge >= 0.3 is 0 Å². The molecule has 0 spiro atoms. The molecule has 0 atom stereocenters. The predicted molar refractivity (Wildman–Crippen MR) is 138 cm³/mol. The molecular weight excluding hydrogens is 441 g/mol. The van der Waals surface area contributed by atoms with Gasteiger partial charge in [0, 0.05) is 58.0 Å². The van der Waals surface area contributed by atoms with Crippen LogP contribution in [-0.2, 0) is 0 Å². The van der Waals surface area contributed by atoms with Crippen LogP contribution in [0.15, 0.2) is 97.5 Å². The van der Waals surface area contributed by atoms with E-state index in [9.17, 15) is 9.18 Å². The summed E-state index contributed by atoms with van der Waals surface area (Å²) >= 11 is 0. The maximum Gasteiger partial charge on any atom is 0.255 e. The van der Waals surface area contributed by atoms with E-state index >= 15 is 0 Å². The second-order valence-electron chi connectivity index (χ2n) is 8.07. The zero-order chi connectivity index (χ0) is 24.2. The fourth-order valence-electron chi connectivity index (χ4n) is 3.76. The van der Waals surface area contributed by atoms with Gasteiger partial charge < -0.3 is 16.0 Å². The van der Waals surface area contributed by atoms with Crippen LogP contribution < -0.4 is 16.0 Å². The summed E-state index contributed by atoms with van der Waals surface area (Å²) in [5.41, 5.74) is 6.35. The van der Waals surface area contributed by atoms with E-state index in [1.807, 2.05) is 49.4 Å². The number of rotatable bonds is 6. The first-order chi connectivity index (χ1) is 17.0. The van der Waals surface area contributed by atoms with Crippen LogP contribution in [0.1, 0.15) is 15.9 Å². The van der Waals surface area contributed by atoms with Gasteiger partial charge in [0.2, 0.25) is 0 Å². The number of aryl methyl sites for hydroxylation is 1. The summed E-state index contributed by atoms with van der Waals surface area (Å²) in [5.74, 6) is -0.529. The average Bonchev–Trinajstić information content (AvgIpc) is 2.87. The topological polar surface area (TPSA) is 78.9 Å². The number of hydrogen-bond acceptors (Lipinski definition) is 5. The maximum atomic E-state index is 13.7. The molecule has 3 aromatic carbocycles. The van der Waals surface area contributed by atoms with Gasteiger partial charge in [-0.1, -0.05) is 0 Å². The molecule has 172 valence electrons. The highest BCUT2D eigenvalue weighted by atomic mass is 19.1. The van der Waals surface area contributed by atoms with E-state index in [1.165, 1.54) is 12.1 Å². The second kappa shape index (κ2) is 9.61. The second-order valence-corrected chi connectivity index (χ2v) is 8.07. The van der Waals surface area contributed by atoms with Crippen LogP contribution in [0.5, 0.6) is 0 Å². The number of fused-ring (bicyclic) bond motifs is 1. The first kappa shape index (κ1) is 22.0. The third kappa shape index (κ3) is 5.09. The quantitative estimate of drug-likeness (QED) is 0.258. The van der Waals surface area contributed by atoms with Crippen LogP contribution in [0.3, 0.4) is 0 Å². The van der Waals surface area contributed by atoms with Crippen molar-refractivity contribution in [1.82, 2.24) is 9.97 Å². The lowest BCUT2D eigenvalue weighted by Gasteiger charge is -2.13. The lowest BCUT2D eigenvalue weighted by atomic mass is 10.1. The fourth-order valence-corrected chi connectivity index (χ4v) is 3.76. The Morgan fingerprint density at radius 3 is 2.23 bits per heavy atom. The van der Waals surface area contributed by atoms with Crippen LogP contribution in [0.25, 0.3) is 10.9 Å². The number of aromatic nitrogens is 2. The summed E-state index contributed by atoms with van der Waals surface area (Å²) < 4.78 is 13.7. The summed E-state index contributed by atoms with van der Waals surface area (Å²) in [6, 6.07) is 22.9. The summed E-state index contributed by atoms with van der Waals surface area (Å²) in [5, 5.41) is 10.2. The highest BCUT2D eigenvalue weighted by Crippen LogP contribution is 2.27. The van der Waals surface area contributed by atoms with E-state index < -0.39 is 0 Å². The Kier molecular flexibility index (Phi) is 6.05. The Morgan fingerprint density at radius 2 is 1.46 bits per heavy atom. The summed E-state index contributed by atoms with van der Waals surface area (Å²) in [7, 11) is 0. The average molecular weight is 464 g/mol. The molecule has 2 aromatic heterocycles. The molecule has 0 saturated carbocycles. The van der Waals surface area contributed by atoms with Crippen LogP contribution in [0.2, 0.25) is 0 Å². The molecule has 0 aliphatic carbocycles. The van der Waals surface area contributed by atoms with Crippen molar-refractivity contribution < 1.29 is 9.18 Å². The van der Waals surface area contributed by atoms with Crippen molar-refractivity contribution >= 4 is 45.2 Å². The lowest BCUT2D eigenvalue weighted by Crippen LogP contribution is -2.12. The minimum absolute atomic E-state index is 0.206. The first-order valence-electron chi connectivity index (χ1n) is 11.1. The van der Waals surface area contributed by atoms with Gasteiger partial charge in [-0.2, -0.15) is 0 Å². The lowest BCUT2D eigenvalue weighted by molar-refractivity contribution is 0.102. The minimum atomic E-state index is -0.322. The molecule has 6 nitrogen and oxygen atoms in total. The number of amides is 1. The summed E-state index contributed by atoms with van der Waals surface area (Å²) in [4.78, 5) is 21.1. The SMILES string of the molecule is Cc1cc(NC(=O)c2ccc(Nc3ccnc4ccc(F)cc34)cc2)ccc1Nc1ccncc1. The maximum absolute atomic E-state index is 13.7. The number of nitrogens with zero attached hydrogens (tertiary/aromatic N) is 2. The number of carbonyl (C=O) groups is 1. The Labute approximate surface area is 201 Å². The number of anilines is 5. The molecule has 2 heterocycles. The van der Waals surface area contributed by atoms with Gasteiger partial charge in [0.15, 0.2) is 0 Å². The molecule has 35 heavy (non-hydrogen) atoms. The summed E-state index contributed by atoms with van der Waals surface area (Å²) in [6.45, 7) is 1.98. The Balaban J connectivity index is 1.26. The van der Waals surface area contributed by atoms with Gasteiger partial charge in [-0.3, -0.25) is 14.8 Å². The third-order valence-electron chi connectivity index (χ3n) is 5.57. The first-order valence-corrected chi connectivity index (χ1v) is 11.1. The van der Waals surface area contributed by atoms with E-state index in [1.54, 1.807) is 42.9 Å². The van der Waals surface area contributed by atoms with Crippen LogP contribution in [0, 0.1) is 12.7 Å². The number of hydrogen-bond donors (Lipinski definition) is 3. The van der Waals surface area contributed by atoms with Gasteiger partial charge in [-0.05, 0) is 91.3 Å². The minimum Gasteiger partial charge on any atom is -0.355 e. The highest BCUT2D eigenvalue weighted by molar-refractivity contribution is 6.04. The van der Waals surface area contributed by atoms with Gasteiger partial charge in [-0.25, -0.2) is 4.39 Å². The fraction of sp³-hybridized carbons (Fsp3) is 0.0357. The molecule has 7 heteroatoms. The smallest absolute Gasteiger partial charge is 0.255 e. The predicted octanol–water partition coefficient (Wildman–Crippen LogP) is 6.82. The van der Waals surface area contributed by atoms with Crippen molar-refractivity contribution in [2.75, 3.05) is 16.0 Å². The standard InChI is InChI=1S/C28H22FN5O/c1-18-16-23(7-9-25(18)32-22-10-13-30-14-11-22)34-28(35)19-2-5-21(6-3-19)33-27-12-15-31-26-8-4-20(29)17-24(26)27/h2-17H,1H3,(H,30,32)(H,31,33)(H,34,35). The zero-order valence-electron chi connectivity index (χ0n) is 18.9. The largest absolute Gasteiger partial charge is 0.355 e. The van der Waals surface area contributed by atoms with Crippen molar-refractivity contribution in [1.29, 1.82) is 0 Å². The number of carbonyl (C=O) groups excluding carboxylic acids is 1. The molecule has 0 aliphatic heterocycles. The van der Waals surface area contributed by atoms with Crippen molar-refractivity contribution in [3.8, 4) is 0 Å². The highest BCUT2D eigenvalue weighted by Gasteiger charge is 2.09. The molecule has 0 saturated heterocycles. The Morgan fingerprint density at radius 1 is 0.743 bits per heavy atom. The van der Waals surface area contributed by atoms with Crippen molar-refractivity contribution in [2.24, 2.45) is 0 Å². The van der Waals surface area contributed by atoms with Crippen molar-refractivity contribution in [3.63, 3.8) is 0 Å². The molecule has 5 aromatic rings. The Hall–Kier alpha value is -4.78. The van der Waals surface area contributed by atoms with Crippen molar-refractivity contribution in [2.45, 2.75) is 6.92 Å². The van der Waals surface area contributed by atoms with Crippen LogP contribution in [-0.4, -0.2) is 15.9 Å². The number of benzene rings is 3. The van der Waals surface area contributed by atoms with Gasteiger partial charge in [-0.15, -0.1) is 0 Å². The third-order valence-corrected chi connectivity index (χ3v) is 5.57. The molecule has 0 aliphatic rings. The molecule has 0 bridgehead atoms. The molecule has 0 unspecified atom stereocenters. The number of pyridine rings is 2. The molecule has 3 N–H and O–H groups in total. The summed E-state index contributed by atoms with van der Waals surface area (Å²) in [6.07, 6.45) is 5.13. The van der Waals surface area contributed by atoms with E-state index in [0.29, 0.717) is 22.2 Å². The Bertz CT molecular complexity index is 1500. The van der Waals surface area contributed by atoms with Crippen molar-refractivity contribution in [3.05, 3.63) is 114 Å². The van der Waals surface area contributed by atoms with Gasteiger partial charge in [0.1, 0.15) is 5.82 Å². The normalized spacial score (nSPS) is 10.7. The van der Waals surface area contributed by atoms with Gasteiger partial charge in [0.25, 0.3) is 5.91 Å². The number of nitrogens with one attached hydrogen (secondary N) is 3. The van der Waals surface area contributed by atoms with E-state index in [2.05, 4.69) is 25.9 Å². The number of halogens is 1. The molecule has 0 fully saturated rings. The van der Waals surface area contributed by atoms with Gasteiger partial charge in [0.05, 0.1) is 5.52 Å². The van der Waals surface area contributed by atoms with E-state index in [0.717, 1.165) is 28.3 Å². The van der Waals surface area contributed by atoms with E-state index in [4.69, 9.17) is 0 Å². The molecule has 5 rings (SSSR count). The zero-order valence-corrected chi connectivity index (χ0v) is 18.9. The molecular formula is C28H22FN5O. The monoisotopic (exact) mass is 463 g/mol. The van der Waals surface area contributed by atoms with Crippen LogP contribution in [0.4, 0.5) is 32.8 Å². The van der Waals surface area contributed by atoms with E-state index in [-0.39, 0.29) is 11.7 Å².